The number of nitrogens with zero attached hydrogens (tertiary/aromatic N) is 1. The highest BCUT2D eigenvalue weighted by molar-refractivity contribution is 9.10. The number of nitrogens with one attached hydrogen (secondary N) is 1. The Kier molecular flexibility index (Phi) is 5.06. The molecular weight excluding hydrogens is 428 g/mol. The van der Waals surface area contributed by atoms with Crippen molar-refractivity contribution in [2.24, 2.45) is 0 Å². The van der Waals surface area contributed by atoms with Gasteiger partial charge in [0, 0.05) is 4.88 Å². The highest BCUT2D eigenvalue weighted by Crippen LogP contribution is 2.36. The number of methoxy groups -OCH3 is 1. The number of phenols is 1. The SMILES string of the molecule is COc1cc(/C=C/c2nc3sc4c(c3c(=O)[nH]2)CCCCC4)cc(Br)c1O. The summed E-state index contributed by atoms with van der Waals surface area (Å²) in [6.07, 6.45) is 9.15. The van der Waals surface area contributed by atoms with Crippen molar-refractivity contribution in [1.82, 2.24) is 9.97 Å². The molecule has 0 bridgehead atoms. The molecule has 4 rings (SSSR count). The Morgan fingerprint density at radius 1 is 1.26 bits per heavy atom. The standard InChI is InChI=1S/C20H19BrN2O3S/c1-26-14-10-11(9-13(21)18(14)24)7-8-16-22-19(25)17-12-5-3-2-4-6-15(12)27-20(17)23-16/h7-10,24H,2-6H2,1H3,(H,22,23,25)/b8-7+. The Labute approximate surface area is 168 Å². The fourth-order valence-corrected chi connectivity index (χ4v) is 5.19. The van der Waals surface area contributed by atoms with Crippen LogP contribution < -0.4 is 10.3 Å². The summed E-state index contributed by atoms with van der Waals surface area (Å²) < 4.78 is 5.71. The molecule has 140 valence electrons. The fourth-order valence-electron chi connectivity index (χ4n) is 3.46. The van der Waals surface area contributed by atoms with Crippen LogP contribution in [-0.2, 0) is 12.8 Å². The second-order valence-electron chi connectivity index (χ2n) is 6.58. The maximum absolute atomic E-state index is 12.7. The molecule has 3 aromatic rings. The Hall–Kier alpha value is -2.12. The predicted octanol–water partition coefficient (Wildman–Crippen LogP) is 4.90. The maximum atomic E-state index is 12.7. The number of hydrogen-bond acceptors (Lipinski definition) is 5. The summed E-state index contributed by atoms with van der Waals surface area (Å²) in [5.41, 5.74) is 1.95. The summed E-state index contributed by atoms with van der Waals surface area (Å²) in [7, 11) is 1.50. The molecule has 0 saturated carbocycles. The molecule has 2 aromatic heterocycles. The summed E-state index contributed by atoms with van der Waals surface area (Å²) in [4.78, 5) is 22.3. The van der Waals surface area contributed by atoms with Gasteiger partial charge in [0.2, 0.25) is 0 Å². The number of aromatic nitrogens is 2. The second kappa shape index (κ2) is 7.48. The number of halogens is 1. The zero-order valence-electron chi connectivity index (χ0n) is 14.8. The van der Waals surface area contributed by atoms with Crippen molar-refractivity contribution >= 4 is 49.6 Å². The molecule has 0 atom stereocenters. The van der Waals surface area contributed by atoms with Crippen molar-refractivity contribution in [2.45, 2.75) is 32.1 Å². The third-order valence-electron chi connectivity index (χ3n) is 4.80. The minimum absolute atomic E-state index is 0.0580. The molecule has 1 aromatic carbocycles. The van der Waals surface area contributed by atoms with Gasteiger partial charge in [-0.2, -0.15) is 0 Å². The van der Waals surface area contributed by atoms with E-state index < -0.39 is 0 Å². The number of ether oxygens (including phenoxy) is 1. The zero-order valence-corrected chi connectivity index (χ0v) is 17.2. The minimum atomic E-state index is -0.0662. The lowest BCUT2D eigenvalue weighted by Crippen LogP contribution is -2.10. The lowest BCUT2D eigenvalue weighted by molar-refractivity contribution is 0.372. The monoisotopic (exact) mass is 446 g/mol. The number of H-pyrrole nitrogens is 1. The molecule has 1 aliphatic rings. The number of aryl methyl sites for hydroxylation is 2. The summed E-state index contributed by atoms with van der Waals surface area (Å²) >= 11 is 4.96. The summed E-state index contributed by atoms with van der Waals surface area (Å²) in [5.74, 6) is 0.956. The molecule has 1 aliphatic carbocycles. The molecule has 2 N–H and O–H groups in total. The Balaban J connectivity index is 1.72. The molecule has 2 heterocycles. The number of rotatable bonds is 3. The zero-order chi connectivity index (χ0) is 19.0. The van der Waals surface area contributed by atoms with Gasteiger partial charge in [-0.1, -0.05) is 12.5 Å². The van der Waals surface area contributed by atoms with E-state index in [2.05, 4.69) is 25.9 Å². The molecule has 7 heteroatoms. The average molecular weight is 447 g/mol. The highest BCUT2D eigenvalue weighted by atomic mass is 79.9. The molecule has 0 unspecified atom stereocenters. The van der Waals surface area contributed by atoms with E-state index in [4.69, 9.17) is 4.74 Å². The van der Waals surface area contributed by atoms with Crippen LogP contribution in [0.3, 0.4) is 0 Å². The van der Waals surface area contributed by atoms with E-state index in [-0.39, 0.29) is 11.3 Å². The summed E-state index contributed by atoms with van der Waals surface area (Å²) in [6.45, 7) is 0. The molecular formula is C20H19BrN2O3S. The molecule has 5 nitrogen and oxygen atoms in total. The quantitative estimate of drug-likeness (QED) is 0.560. The van der Waals surface area contributed by atoms with Gasteiger partial charge in [0.05, 0.1) is 17.0 Å². The van der Waals surface area contributed by atoms with E-state index in [0.29, 0.717) is 16.0 Å². The summed E-state index contributed by atoms with van der Waals surface area (Å²) in [5, 5.41) is 10.7. The van der Waals surface area contributed by atoms with E-state index in [1.807, 2.05) is 6.08 Å². The van der Waals surface area contributed by atoms with Crippen molar-refractivity contribution in [3.8, 4) is 11.5 Å². The Bertz CT molecular complexity index is 1100. The second-order valence-corrected chi connectivity index (χ2v) is 8.52. The highest BCUT2D eigenvalue weighted by Gasteiger charge is 2.18. The molecule has 0 saturated heterocycles. The fraction of sp³-hybridized carbons (Fsp3) is 0.300. The van der Waals surface area contributed by atoms with Crippen LogP contribution in [0.1, 0.15) is 41.1 Å². The van der Waals surface area contributed by atoms with E-state index in [1.165, 1.54) is 30.4 Å². The third kappa shape index (κ3) is 3.53. The van der Waals surface area contributed by atoms with Gasteiger partial charge < -0.3 is 14.8 Å². The molecule has 0 amide bonds. The van der Waals surface area contributed by atoms with Gasteiger partial charge >= 0.3 is 0 Å². The smallest absolute Gasteiger partial charge is 0.260 e. The number of aromatic hydroxyl groups is 1. The molecule has 0 spiro atoms. The van der Waals surface area contributed by atoms with Gasteiger partial charge in [-0.3, -0.25) is 4.79 Å². The summed E-state index contributed by atoms with van der Waals surface area (Å²) in [6, 6.07) is 3.50. The normalized spacial score (nSPS) is 14.4. The lowest BCUT2D eigenvalue weighted by atomic mass is 10.1. The van der Waals surface area contributed by atoms with Crippen LogP contribution in [0.5, 0.6) is 11.5 Å². The third-order valence-corrected chi connectivity index (χ3v) is 6.59. The largest absolute Gasteiger partial charge is 0.503 e. The van der Waals surface area contributed by atoms with Crippen LogP contribution >= 0.6 is 27.3 Å². The van der Waals surface area contributed by atoms with Crippen molar-refractivity contribution in [2.75, 3.05) is 7.11 Å². The lowest BCUT2D eigenvalue weighted by Gasteiger charge is -2.06. The number of hydrogen-bond donors (Lipinski definition) is 2. The number of benzene rings is 1. The van der Waals surface area contributed by atoms with Crippen LogP contribution in [0.2, 0.25) is 0 Å². The van der Waals surface area contributed by atoms with Crippen molar-refractivity contribution in [1.29, 1.82) is 0 Å². The van der Waals surface area contributed by atoms with Crippen LogP contribution in [0.15, 0.2) is 21.4 Å². The van der Waals surface area contributed by atoms with Crippen LogP contribution in [0.25, 0.3) is 22.4 Å². The molecule has 0 radical (unpaired) electrons. The topological polar surface area (TPSA) is 75.2 Å². The number of thiophene rings is 1. The number of fused-ring (bicyclic) bond motifs is 3. The first-order chi connectivity index (χ1) is 13.1. The van der Waals surface area contributed by atoms with E-state index >= 15 is 0 Å². The van der Waals surface area contributed by atoms with Gasteiger partial charge in [0.15, 0.2) is 11.5 Å². The first kappa shape index (κ1) is 18.3. The van der Waals surface area contributed by atoms with Crippen LogP contribution in [-0.4, -0.2) is 22.2 Å². The van der Waals surface area contributed by atoms with Crippen molar-refractivity contribution in [3.63, 3.8) is 0 Å². The first-order valence-corrected chi connectivity index (χ1v) is 10.5. The van der Waals surface area contributed by atoms with E-state index in [0.717, 1.165) is 35.0 Å². The van der Waals surface area contributed by atoms with Crippen molar-refractivity contribution < 1.29 is 9.84 Å². The molecule has 0 fully saturated rings. The predicted molar refractivity (Wildman–Crippen MR) is 113 cm³/mol. The minimum Gasteiger partial charge on any atom is -0.503 e. The van der Waals surface area contributed by atoms with Crippen LogP contribution in [0.4, 0.5) is 0 Å². The average Bonchev–Trinajstić information content (AvgIpc) is 2.84. The maximum Gasteiger partial charge on any atom is 0.260 e. The van der Waals surface area contributed by atoms with Gasteiger partial charge in [0.1, 0.15) is 10.7 Å². The van der Waals surface area contributed by atoms with E-state index in [9.17, 15) is 9.90 Å². The van der Waals surface area contributed by atoms with Gasteiger partial charge in [-0.15, -0.1) is 11.3 Å². The van der Waals surface area contributed by atoms with Crippen LogP contribution in [0, 0.1) is 0 Å². The number of phenolic OH excluding ortho intramolecular Hbond substituents is 1. The molecule has 0 aliphatic heterocycles. The number of aromatic amines is 1. The van der Waals surface area contributed by atoms with Crippen molar-refractivity contribution in [3.05, 3.63) is 48.8 Å². The molecule has 27 heavy (non-hydrogen) atoms. The Morgan fingerprint density at radius 3 is 2.89 bits per heavy atom. The van der Waals surface area contributed by atoms with Gasteiger partial charge in [-0.25, -0.2) is 4.98 Å². The Morgan fingerprint density at radius 2 is 2.07 bits per heavy atom. The van der Waals surface area contributed by atoms with E-state index in [1.54, 1.807) is 29.5 Å². The first-order valence-electron chi connectivity index (χ1n) is 8.86. The van der Waals surface area contributed by atoms with Gasteiger partial charge in [0.25, 0.3) is 5.56 Å². The van der Waals surface area contributed by atoms with Gasteiger partial charge in [-0.05, 0) is 70.9 Å².